The van der Waals surface area contributed by atoms with Crippen LogP contribution in [0.25, 0.3) is 0 Å². The topological polar surface area (TPSA) is 23.6 Å². The summed E-state index contributed by atoms with van der Waals surface area (Å²) < 4.78 is 14.4. The maximum atomic E-state index is 14.4. The van der Waals surface area contributed by atoms with Gasteiger partial charge in [0.15, 0.2) is 5.78 Å². The van der Waals surface area contributed by atoms with E-state index in [0.29, 0.717) is 12.1 Å². The van der Waals surface area contributed by atoms with Crippen molar-refractivity contribution in [3.8, 4) is 0 Å². The monoisotopic (exact) mass is 392 g/mol. The number of ketones is 1. The van der Waals surface area contributed by atoms with E-state index in [0.717, 1.165) is 45.3 Å². The number of piperidine rings is 1. The molecule has 0 amide bonds. The Morgan fingerprint density at radius 1 is 1.37 bits per heavy atom. The number of hydrogen-bond donors (Lipinski definition) is 1. The summed E-state index contributed by atoms with van der Waals surface area (Å²) in [5.41, 5.74) is 1.56. The van der Waals surface area contributed by atoms with Gasteiger partial charge in [-0.2, -0.15) is 12.6 Å². The highest BCUT2D eigenvalue weighted by molar-refractivity contribution is 7.81. The second-order valence-electron chi connectivity index (χ2n) is 7.61. The first kappa shape index (κ1) is 22.1. The first-order valence-electron chi connectivity index (χ1n) is 9.90. The molecule has 0 spiro atoms. The second-order valence-corrected chi connectivity index (χ2v) is 8.23. The SMILES string of the molecule is C=C/C(F)=C(\C=C)C(C(=O)C1CC1)N1CCC(S)/C(=C\CN(C)CCC)C1. The third-order valence-corrected chi connectivity index (χ3v) is 5.95. The van der Waals surface area contributed by atoms with Crippen molar-refractivity contribution in [1.82, 2.24) is 9.80 Å². The maximum absolute atomic E-state index is 14.4. The average molecular weight is 393 g/mol. The van der Waals surface area contributed by atoms with E-state index >= 15 is 0 Å². The Kier molecular flexibility index (Phi) is 8.52. The predicted octanol–water partition coefficient (Wildman–Crippen LogP) is 4.20. The van der Waals surface area contributed by atoms with E-state index in [-0.39, 0.29) is 17.0 Å². The van der Waals surface area contributed by atoms with Crippen LogP contribution in [0.5, 0.6) is 0 Å². The lowest BCUT2D eigenvalue weighted by Crippen LogP contribution is -2.48. The van der Waals surface area contributed by atoms with Crippen molar-refractivity contribution in [3.05, 3.63) is 48.4 Å². The van der Waals surface area contributed by atoms with Crippen LogP contribution in [0, 0.1) is 5.92 Å². The van der Waals surface area contributed by atoms with Crippen LogP contribution >= 0.6 is 12.6 Å². The van der Waals surface area contributed by atoms with E-state index < -0.39 is 11.9 Å². The van der Waals surface area contributed by atoms with E-state index in [1.165, 1.54) is 17.7 Å². The molecule has 150 valence electrons. The highest BCUT2D eigenvalue weighted by Gasteiger charge is 2.41. The Morgan fingerprint density at radius 3 is 2.63 bits per heavy atom. The smallest absolute Gasteiger partial charge is 0.157 e. The van der Waals surface area contributed by atoms with Crippen molar-refractivity contribution in [2.24, 2.45) is 5.92 Å². The lowest BCUT2D eigenvalue weighted by molar-refractivity contribution is -0.124. The molecule has 5 heteroatoms. The van der Waals surface area contributed by atoms with Gasteiger partial charge in [-0.3, -0.25) is 9.69 Å². The Labute approximate surface area is 169 Å². The van der Waals surface area contributed by atoms with Crippen LogP contribution in [0.2, 0.25) is 0 Å². The molecule has 2 unspecified atom stereocenters. The van der Waals surface area contributed by atoms with Crippen LogP contribution in [-0.2, 0) is 4.79 Å². The molecular weight excluding hydrogens is 359 g/mol. The van der Waals surface area contributed by atoms with E-state index in [4.69, 9.17) is 12.6 Å². The van der Waals surface area contributed by atoms with Crippen molar-refractivity contribution in [3.63, 3.8) is 0 Å². The largest absolute Gasteiger partial charge is 0.303 e. The summed E-state index contributed by atoms with van der Waals surface area (Å²) in [5, 5.41) is 0.188. The second kappa shape index (κ2) is 10.4. The van der Waals surface area contributed by atoms with Crippen molar-refractivity contribution in [2.45, 2.75) is 43.9 Å². The minimum Gasteiger partial charge on any atom is -0.303 e. The molecule has 2 aliphatic rings. The summed E-state index contributed by atoms with van der Waals surface area (Å²) in [6.07, 6.45) is 8.65. The molecule has 2 atom stereocenters. The summed E-state index contributed by atoms with van der Waals surface area (Å²) in [4.78, 5) is 17.4. The minimum atomic E-state index is -0.578. The van der Waals surface area contributed by atoms with Crippen molar-refractivity contribution in [1.29, 1.82) is 0 Å². The third kappa shape index (κ3) is 5.90. The van der Waals surface area contributed by atoms with Gasteiger partial charge in [-0.15, -0.1) is 0 Å². The Morgan fingerprint density at radius 2 is 2.07 bits per heavy atom. The van der Waals surface area contributed by atoms with E-state index in [2.05, 4.69) is 43.0 Å². The molecule has 0 radical (unpaired) electrons. The van der Waals surface area contributed by atoms with Gasteiger partial charge < -0.3 is 4.90 Å². The summed E-state index contributed by atoms with van der Waals surface area (Å²) in [5.74, 6) is -0.286. The molecule has 0 bridgehead atoms. The molecule has 1 heterocycles. The van der Waals surface area contributed by atoms with Gasteiger partial charge in [-0.1, -0.05) is 32.2 Å². The first-order valence-corrected chi connectivity index (χ1v) is 10.4. The van der Waals surface area contributed by atoms with Crippen LogP contribution in [0.3, 0.4) is 0 Å². The van der Waals surface area contributed by atoms with E-state index in [1.807, 2.05) is 0 Å². The van der Waals surface area contributed by atoms with Crippen LogP contribution in [0.1, 0.15) is 32.6 Å². The third-order valence-electron chi connectivity index (χ3n) is 5.36. The summed E-state index contributed by atoms with van der Waals surface area (Å²) in [6, 6.07) is -0.578. The normalized spacial score (nSPS) is 24.6. The molecule has 1 saturated heterocycles. The fraction of sp³-hybridized carbons (Fsp3) is 0.591. The fourth-order valence-electron chi connectivity index (χ4n) is 3.64. The zero-order valence-electron chi connectivity index (χ0n) is 16.7. The number of allylic oxidation sites excluding steroid dienone is 2. The lowest BCUT2D eigenvalue weighted by Gasteiger charge is -2.38. The molecule has 1 aliphatic heterocycles. The number of halogens is 1. The van der Waals surface area contributed by atoms with Gasteiger partial charge in [0, 0.05) is 36.4 Å². The Bertz CT molecular complexity index is 624. The molecule has 1 aliphatic carbocycles. The molecule has 27 heavy (non-hydrogen) atoms. The fourth-order valence-corrected chi connectivity index (χ4v) is 3.94. The highest BCUT2D eigenvalue weighted by Crippen LogP contribution is 2.36. The first-order chi connectivity index (χ1) is 12.9. The molecule has 0 aromatic rings. The number of likely N-dealkylation sites (N-methyl/N-ethyl adjacent to an activating group) is 1. The number of likely N-dealkylation sites (tertiary alicyclic amines) is 1. The maximum Gasteiger partial charge on any atom is 0.157 e. The van der Waals surface area contributed by atoms with Gasteiger partial charge in [0.25, 0.3) is 0 Å². The molecule has 1 saturated carbocycles. The van der Waals surface area contributed by atoms with Crippen molar-refractivity contribution >= 4 is 18.4 Å². The van der Waals surface area contributed by atoms with Gasteiger partial charge >= 0.3 is 0 Å². The standard InChI is InChI=1S/C22H33FN2OS/c1-5-12-24(4)13-10-17-15-25(14-11-20(17)27)21(22(26)16-8-9-16)18(6-2)19(23)7-3/h6-7,10,16,20-21,27H,2-3,5,8-9,11-15H2,1,4H3/b17-10-,19-18-. The van der Waals surface area contributed by atoms with E-state index in [9.17, 15) is 9.18 Å². The zero-order chi connectivity index (χ0) is 20.0. The lowest BCUT2D eigenvalue weighted by atomic mass is 9.93. The average Bonchev–Trinajstić information content (AvgIpc) is 3.50. The number of rotatable bonds is 10. The number of carbonyl (C=O) groups is 1. The predicted molar refractivity (Wildman–Crippen MR) is 115 cm³/mol. The molecule has 0 aromatic carbocycles. The van der Waals surface area contributed by atoms with Crippen LogP contribution in [0.4, 0.5) is 4.39 Å². The van der Waals surface area contributed by atoms with Gasteiger partial charge in [-0.25, -0.2) is 4.39 Å². The molecular formula is C22H33FN2OS. The van der Waals surface area contributed by atoms with Gasteiger partial charge in [0.2, 0.25) is 0 Å². The summed E-state index contributed by atoms with van der Waals surface area (Å²) in [6.45, 7) is 12.7. The summed E-state index contributed by atoms with van der Waals surface area (Å²) in [7, 11) is 2.10. The van der Waals surface area contributed by atoms with Gasteiger partial charge in [-0.05, 0) is 50.9 Å². The quantitative estimate of drug-likeness (QED) is 0.342. The molecule has 0 N–H and O–H groups in total. The number of Topliss-reactive ketones (excluding diaryl/α,β-unsaturated/α-hetero) is 1. The van der Waals surface area contributed by atoms with Crippen LogP contribution in [0.15, 0.2) is 48.4 Å². The molecule has 2 rings (SSSR count). The Hall–Kier alpha value is -1.17. The van der Waals surface area contributed by atoms with E-state index in [1.54, 1.807) is 0 Å². The number of nitrogens with zero attached hydrogens (tertiary/aromatic N) is 2. The minimum absolute atomic E-state index is 0.0550. The highest BCUT2D eigenvalue weighted by atomic mass is 32.1. The van der Waals surface area contributed by atoms with Gasteiger partial charge in [0.05, 0.1) is 6.04 Å². The molecule has 3 nitrogen and oxygen atoms in total. The molecule has 2 fully saturated rings. The number of carbonyl (C=O) groups excluding carboxylic acids is 1. The van der Waals surface area contributed by atoms with Crippen molar-refractivity contribution < 1.29 is 9.18 Å². The Balaban J connectivity index is 2.24. The number of thiol groups is 1. The molecule has 0 aromatic heterocycles. The van der Waals surface area contributed by atoms with Gasteiger partial charge in [0.1, 0.15) is 5.83 Å². The zero-order valence-corrected chi connectivity index (χ0v) is 17.6. The van der Waals surface area contributed by atoms with Crippen LogP contribution < -0.4 is 0 Å². The van der Waals surface area contributed by atoms with Crippen molar-refractivity contribution in [2.75, 3.05) is 33.2 Å². The van der Waals surface area contributed by atoms with Crippen LogP contribution in [-0.4, -0.2) is 60.1 Å². The number of hydrogen-bond acceptors (Lipinski definition) is 4. The summed E-state index contributed by atoms with van der Waals surface area (Å²) >= 11 is 4.74.